The summed E-state index contributed by atoms with van der Waals surface area (Å²) < 4.78 is 5.13. The lowest BCUT2D eigenvalue weighted by Gasteiger charge is -2.05. The van der Waals surface area contributed by atoms with Crippen molar-refractivity contribution in [3.8, 4) is 0 Å². The van der Waals surface area contributed by atoms with E-state index in [0.29, 0.717) is 23.0 Å². The molecule has 4 nitrogen and oxygen atoms in total. The van der Waals surface area contributed by atoms with E-state index in [-0.39, 0.29) is 5.97 Å². The molecule has 0 unspecified atom stereocenters. The molecule has 0 aromatic carbocycles. The van der Waals surface area contributed by atoms with Gasteiger partial charge in [-0.25, -0.2) is 9.78 Å². The van der Waals surface area contributed by atoms with E-state index in [1.165, 1.54) is 11.3 Å². The summed E-state index contributed by atoms with van der Waals surface area (Å²) in [5, 5.41) is 2.25. The zero-order valence-electron chi connectivity index (χ0n) is 10.2. The molecule has 17 heavy (non-hydrogen) atoms. The van der Waals surface area contributed by atoms with Gasteiger partial charge in [0.15, 0.2) is 5.13 Å². The molecule has 0 amide bonds. The molecular weight excluding hydrogens is 236 g/mol. The lowest BCUT2D eigenvalue weighted by Crippen LogP contribution is -2.08. The molecule has 0 aliphatic heterocycles. The molecule has 0 aliphatic carbocycles. The van der Waals surface area contributed by atoms with Crippen molar-refractivity contribution < 1.29 is 9.53 Å². The van der Waals surface area contributed by atoms with Crippen molar-refractivity contribution in [1.82, 2.24) is 4.98 Å². The average molecular weight is 254 g/mol. The predicted octanol–water partition coefficient (Wildman–Crippen LogP) is 2.86. The molecule has 94 valence electrons. The number of hydrogen-bond acceptors (Lipinski definition) is 5. The number of esters is 1. The standard InChI is InChI=1S/C12H18N2O2S/c1-3-5-6-9(11(15)16-7-4-2)10-8-17-12(13)14-10/h6,8H,3-5,7H2,1-2H3,(H2,13,14)/b9-6+. The summed E-state index contributed by atoms with van der Waals surface area (Å²) in [6.07, 6.45) is 4.48. The van der Waals surface area contributed by atoms with Crippen LogP contribution in [0.4, 0.5) is 5.13 Å². The number of carbonyl (C=O) groups excluding carboxylic acids is 1. The lowest BCUT2D eigenvalue weighted by atomic mass is 10.1. The number of thiazole rings is 1. The van der Waals surface area contributed by atoms with Crippen molar-refractivity contribution in [2.45, 2.75) is 33.1 Å². The van der Waals surface area contributed by atoms with Crippen molar-refractivity contribution in [3.05, 3.63) is 17.2 Å². The van der Waals surface area contributed by atoms with Crippen LogP contribution < -0.4 is 5.73 Å². The number of unbranched alkanes of at least 4 members (excludes halogenated alkanes) is 1. The summed E-state index contributed by atoms with van der Waals surface area (Å²) in [6, 6.07) is 0. The zero-order chi connectivity index (χ0) is 12.7. The largest absolute Gasteiger partial charge is 0.462 e. The van der Waals surface area contributed by atoms with Crippen LogP contribution in [0.25, 0.3) is 5.57 Å². The second-order valence-corrected chi connectivity index (χ2v) is 4.50. The molecule has 0 fully saturated rings. The third-order valence-electron chi connectivity index (χ3n) is 2.09. The van der Waals surface area contributed by atoms with Crippen LogP contribution in [0.2, 0.25) is 0 Å². The van der Waals surface area contributed by atoms with Crippen molar-refractivity contribution in [1.29, 1.82) is 0 Å². The maximum Gasteiger partial charge on any atom is 0.340 e. The smallest absolute Gasteiger partial charge is 0.340 e. The maximum absolute atomic E-state index is 11.9. The zero-order valence-corrected chi connectivity index (χ0v) is 11.0. The number of anilines is 1. The van der Waals surface area contributed by atoms with E-state index >= 15 is 0 Å². The number of rotatable bonds is 6. The van der Waals surface area contributed by atoms with Crippen LogP contribution in [0.5, 0.6) is 0 Å². The highest BCUT2D eigenvalue weighted by atomic mass is 32.1. The van der Waals surface area contributed by atoms with E-state index in [1.54, 1.807) is 5.38 Å². The molecule has 1 rings (SSSR count). The van der Waals surface area contributed by atoms with E-state index in [9.17, 15) is 4.79 Å². The minimum absolute atomic E-state index is 0.314. The SMILES string of the molecule is CCC/C=C(/C(=O)OCCC)c1csc(N)n1. The van der Waals surface area contributed by atoms with E-state index < -0.39 is 0 Å². The quantitative estimate of drug-likeness (QED) is 0.626. The molecule has 2 N–H and O–H groups in total. The Bertz CT molecular complexity index is 399. The highest BCUT2D eigenvalue weighted by molar-refractivity contribution is 7.13. The second kappa shape index (κ2) is 7.06. The number of ether oxygens (including phenoxy) is 1. The first-order valence-corrected chi connectivity index (χ1v) is 6.65. The van der Waals surface area contributed by atoms with E-state index in [1.807, 2.05) is 13.0 Å². The van der Waals surface area contributed by atoms with Crippen LogP contribution in [0.1, 0.15) is 38.8 Å². The number of nitrogens with zero attached hydrogens (tertiary/aromatic N) is 1. The first-order valence-electron chi connectivity index (χ1n) is 5.77. The monoisotopic (exact) mass is 254 g/mol. The van der Waals surface area contributed by atoms with Gasteiger partial charge in [-0.2, -0.15) is 0 Å². The molecule has 0 radical (unpaired) electrons. The summed E-state index contributed by atoms with van der Waals surface area (Å²) >= 11 is 1.33. The fourth-order valence-electron chi connectivity index (χ4n) is 1.26. The van der Waals surface area contributed by atoms with Gasteiger partial charge in [-0.15, -0.1) is 11.3 Å². The van der Waals surface area contributed by atoms with Crippen molar-refractivity contribution in [2.75, 3.05) is 12.3 Å². The molecule has 0 saturated heterocycles. The van der Waals surface area contributed by atoms with Crippen LogP contribution in [0.15, 0.2) is 11.5 Å². The Morgan fingerprint density at radius 2 is 2.29 bits per heavy atom. The third-order valence-corrected chi connectivity index (χ3v) is 2.77. The summed E-state index contributed by atoms with van der Waals surface area (Å²) in [7, 11) is 0. The van der Waals surface area contributed by atoms with Crippen LogP contribution in [-0.2, 0) is 9.53 Å². The topological polar surface area (TPSA) is 65.2 Å². The van der Waals surface area contributed by atoms with E-state index in [2.05, 4.69) is 11.9 Å². The number of nitrogen functional groups attached to an aromatic ring is 1. The summed E-state index contributed by atoms with van der Waals surface area (Å²) in [5.74, 6) is -0.314. The van der Waals surface area contributed by atoms with Crippen molar-refractivity contribution >= 4 is 28.0 Å². The molecule has 0 atom stereocenters. The van der Waals surface area contributed by atoms with Gasteiger partial charge in [-0.3, -0.25) is 0 Å². The third kappa shape index (κ3) is 4.19. The summed E-state index contributed by atoms with van der Waals surface area (Å²) in [5.41, 5.74) is 6.71. The van der Waals surface area contributed by atoms with Gasteiger partial charge in [0, 0.05) is 5.38 Å². The number of hydrogen-bond donors (Lipinski definition) is 1. The Hall–Kier alpha value is -1.36. The van der Waals surface area contributed by atoms with E-state index in [4.69, 9.17) is 10.5 Å². The van der Waals surface area contributed by atoms with E-state index in [0.717, 1.165) is 19.3 Å². The fourth-order valence-corrected chi connectivity index (χ4v) is 1.83. The van der Waals surface area contributed by atoms with Gasteiger partial charge in [0.2, 0.25) is 0 Å². The first kappa shape index (κ1) is 13.7. The molecule has 0 bridgehead atoms. The molecule has 0 spiro atoms. The minimum atomic E-state index is -0.314. The molecule has 1 aromatic heterocycles. The number of nitrogens with two attached hydrogens (primary N) is 1. The van der Waals surface area contributed by atoms with Gasteiger partial charge in [0.25, 0.3) is 0 Å². The van der Waals surface area contributed by atoms with Crippen LogP contribution in [0, 0.1) is 0 Å². The van der Waals surface area contributed by atoms with Gasteiger partial charge in [0.05, 0.1) is 17.9 Å². The molecule has 1 heterocycles. The first-order chi connectivity index (χ1) is 8.19. The Labute approximate surface area is 106 Å². The minimum Gasteiger partial charge on any atom is -0.462 e. The average Bonchev–Trinajstić information content (AvgIpc) is 2.73. The van der Waals surface area contributed by atoms with Gasteiger partial charge in [0.1, 0.15) is 0 Å². The van der Waals surface area contributed by atoms with Gasteiger partial charge >= 0.3 is 5.97 Å². The second-order valence-electron chi connectivity index (χ2n) is 3.61. The van der Waals surface area contributed by atoms with Gasteiger partial charge < -0.3 is 10.5 Å². The molecule has 5 heteroatoms. The Kier molecular flexibility index (Phi) is 5.69. The molecular formula is C12H18N2O2S. The van der Waals surface area contributed by atoms with Crippen molar-refractivity contribution in [2.24, 2.45) is 0 Å². The van der Waals surface area contributed by atoms with Crippen LogP contribution >= 0.6 is 11.3 Å². The fraction of sp³-hybridized carbons (Fsp3) is 0.500. The number of carbonyl (C=O) groups is 1. The maximum atomic E-state index is 11.9. The molecule has 0 aliphatic rings. The number of aromatic nitrogens is 1. The molecule has 0 saturated carbocycles. The Morgan fingerprint density at radius 1 is 1.53 bits per heavy atom. The van der Waals surface area contributed by atoms with Gasteiger partial charge in [-0.1, -0.05) is 26.3 Å². The summed E-state index contributed by atoms with van der Waals surface area (Å²) in [4.78, 5) is 16.0. The van der Waals surface area contributed by atoms with Gasteiger partial charge in [-0.05, 0) is 12.8 Å². The Balaban J connectivity index is 2.84. The normalized spacial score (nSPS) is 11.5. The summed E-state index contributed by atoms with van der Waals surface area (Å²) in [6.45, 7) is 4.45. The Morgan fingerprint density at radius 3 is 2.82 bits per heavy atom. The lowest BCUT2D eigenvalue weighted by molar-refractivity contribution is -0.136. The molecule has 1 aromatic rings. The number of allylic oxidation sites excluding steroid dienone is 1. The van der Waals surface area contributed by atoms with Crippen molar-refractivity contribution in [3.63, 3.8) is 0 Å². The van der Waals surface area contributed by atoms with Crippen LogP contribution in [0.3, 0.4) is 0 Å². The van der Waals surface area contributed by atoms with Crippen LogP contribution in [-0.4, -0.2) is 17.6 Å². The predicted molar refractivity (Wildman–Crippen MR) is 70.7 cm³/mol. The highest BCUT2D eigenvalue weighted by Crippen LogP contribution is 2.21. The highest BCUT2D eigenvalue weighted by Gasteiger charge is 2.15.